The molecule has 2 aromatic rings. The lowest BCUT2D eigenvalue weighted by atomic mass is 10.4. The molecule has 0 aromatic carbocycles. The van der Waals surface area contributed by atoms with Gasteiger partial charge in [0, 0.05) is 50.5 Å². The van der Waals surface area contributed by atoms with Crippen LogP contribution in [-0.4, -0.2) is 65.0 Å². The van der Waals surface area contributed by atoms with Crippen molar-refractivity contribution < 1.29 is 38.4 Å². The lowest BCUT2D eigenvalue weighted by Crippen LogP contribution is -2.37. The lowest BCUT2D eigenvalue weighted by Gasteiger charge is -2.15. The summed E-state index contributed by atoms with van der Waals surface area (Å²) in [6.45, 7) is 0. The van der Waals surface area contributed by atoms with Crippen molar-refractivity contribution in [3.63, 3.8) is 0 Å². The SMILES string of the molecule is O=C(ON1C(=O)CCC1=O)ON1C(=O)CCC1=O.O=C(n1ccnc1)n1ccnc1. The fraction of sp³-hybridized carbons (Fsp3) is 0.250. The van der Waals surface area contributed by atoms with E-state index in [4.69, 9.17) is 0 Å². The highest BCUT2D eigenvalue weighted by Crippen LogP contribution is 2.15. The molecule has 14 heteroatoms. The Labute approximate surface area is 167 Å². The maximum atomic E-state index is 11.4. The zero-order valence-electron chi connectivity index (χ0n) is 15.2. The maximum Gasteiger partial charge on any atom is 0.560 e. The first-order valence-electron chi connectivity index (χ1n) is 8.49. The molecule has 156 valence electrons. The summed E-state index contributed by atoms with van der Waals surface area (Å²) in [4.78, 5) is 83.2. The molecule has 2 aromatic heterocycles. The molecule has 0 radical (unpaired) electrons. The fourth-order valence-corrected chi connectivity index (χ4v) is 2.36. The second kappa shape index (κ2) is 8.76. The zero-order chi connectivity index (χ0) is 21.7. The topological polar surface area (TPSA) is 163 Å². The van der Waals surface area contributed by atoms with Gasteiger partial charge in [0.25, 0.3) is 23.6 Å². The van der Waals surface area contributed by atoms with E-state index < -0.39 is 29.8 Å². The third-order valence-electron chi connectivity index (χ3n) is 3.79. The monoisotopic (exact) mass is 418 g/mol. The van der Waals surface area contributed by atoms with E-state index in [1.807, 2.05) is 0 Å². The van der Waals surface area contributed by atoms with Gasteiger partial charge in [0.15, 0.2) is 0 Å². The van der Waals surface area contributed by atoms with Gasteiger partial charge in [-0.3, -0.25) is 38.0 Å². The highest BCUT2D eigenvalue weighted by Gasteiger charge is 2.37. The van der Waals surface area contributed by atoms with Crippen molar-refractivity contribution >= 4 is 35.8 Å². The first-order chi connectivity index (χ1) is 14.4. The standard InChI is InChI=1S/C9H8N2O7.C7H6N4O/c12-5-1-2-6(13)10(5)17-9(16)18-11-7(14)3-4-8(11)15;12-7(10-3-1-8-5-10)11-4-2-9-6-11/h1-4H2;1-6H. The van der Waals surface area contributed by atoms with Gasteiger partial charge in [0.2, 0.25) is 0 Å². The highest BCUT2D eigenvalue weighted by molar-refractivity contribution is 6.02. The van der Waals surface area contributed by atoms with E-state index in [0.29, 0.717) is 0 Å². The molecule has 4 amide bonds. The average Bonchev–Trinajstić information content (AvgIpc) is 3.52. The van der Waals surface area contributed by atoms with Crippen LogP contribution in [0.5, 0.6) is 0 Å². The molecule has 2 saturated heterocycles. The molecule has 4 rings (SSSR count). The summed E-state index contributed by atoms with van der Waals surface area (Å²) >= 11 is 0. The second-order valence-corrected chi connectivity index (χ2v) is 5.82. The molecule has 0 bridgehead atoms. The summed E-state index contributed by atoms with van der Waals surface area (Å²) < 4.78 is 2.75. The molecule has 0 aliphatic carbocycles. The third kappa shape index (κ3) is 4.54. The molecule has 30 heavy (non-hydrogen) atoms. The molecular weight excluding hydrogens is 404 g/mol. The van der Waals surface area contributed by atoms with E-state index in [-0.39, 0.29) is 41.8 Å². The molecule has 14 nitrogen and oxygen atoms in total. The number of imidazole rings is 2. The molecule has 0 N–H and O–H groups in total. The Morgan fingerprint density at radius 2 is 1.07 bits per heavy atom. The Kier molecular flexibility index (Phi) is 5.95. The van der Waals surface area contributed by atoms with E-state index in [9.17, 15) is 28.8 Å². The van der Waals surface area contributed by atoms with Gasteiger partial charge in [-0.25, -0.2) is 14.8 Å². The van der Waals surface area contributed by atoms with Crippen molar-refractivity contribution in [2.45, 2.75) is 25.7 Å². The predicted molar refractivity (Wildman–Crippen MR) is 90.4 cm³/mol. The summed E-state index contributed by atoms with van der Waals surface area (Å²) in [7, 11) is 0. The predicted octanol–water partition coefficient (Wildman–Crippen LogP) is -0.136. The third-order valence-corrected chi connectivity index (χ3v) is 3.79. The molecule has 0 spiro atoms. The van der Waals surface area contributed by atoms with E-state index in [1.54, 1.807) is 24.8 Å². The van der Waals surface area contributed by atoms with E-state index in [0.717, 1.165) is 0 Å². The van der Waals surface area contributed by atoms with Crippen molar-refractivity contribution in [1.29, 1.82) is 0 Å². The Morgan fingerprint density at radius 1 is 0.700 bits per heavy atom. The summed E-state index contributed by atoms with van der Waals surface area (Å²) in [5.74, 6) is -2.74. The Bertz CT molecular complexity index is 875. The first-order valence-corrected chi connectivity index (χ1v) is 8.49. The maximum absolute atomic E-state index is 11.4. The summed E-state index contributed by atoms with van der Waals surface area (Å²) in [6, 6.07) is -0.190. The van der Waals surface area contributed by atoms with Crippen LogP contribution in [0.1, 0.15) is 25.7 Å². The van der Waals surface area contributed by atoms with Gasteiger partial charge in [-0.1, -0.05) is 10.1 Å². The summed E-state index contributed by atoms with van der Waals surface area (Å²) in [5, 5.41) is 0.515. The molecule has 2 aliphatic heterocycles. The van der Waals surface area contributed by atoms with Crippen molar-refractivity contribution in [1.82, 2.24) is 29.2 Å². The van der Waals surface area contributed by atoms with Crippen LogP contribution < -0.4 is 0 Å². The van der Waals surface area contributed by atoms with Crippen LogP contribution in [0, 0.1) is 0 Å². The van der Waals surface area contributed by atoms with Gasteiger partial charge in [-0.2, -0.15) is 4.79 Å². The summed E-state index contributed by atoms with van der Waals surface area (Å²) in [5.41, 5.74) is 0. The number of imide groups is 2. The van der Waals surface area contributed by atoms with Gasteiger partial charge >= 0.3 is 12.2 Å². The van der Waals surface area contributed by atoms with Crippen LogP contribution in [0.25, 0.3) is 0 Å². The molecule has 0 saturated carbocycles. The van der Waals surface area contributed by atoms with Gasteiger partial charge in [0.05, 0.1) is 0 Å². The zero-order valence-corrected chi connectivity index (χ0v) is 15.2. The Morgan fingerprint density at radius 3 is 1.37 bits per heavy atom. The number of amides is 4. The van der Waals surface area contributed by atoms with Crippen molar-refractivity contribution in [2.75, 3.05) is 0 Å². The minimum atomic E-state index is -1.48. The van der Waals surface area contributed by atoms with E-state index >= 15 is 0 Å². The fourth-order valence-electron chi connectivity index (χ4n) is 2.36. The molecule has 2 aliphatic rings. The highest BCUT2D eigenvalue weighted by atomic mass is 16.9. The number of hydrogen-bond acceptors (Lipinski definition) is 10. The number of nitrogens with zero attached hydrogens (tertiary/aromatic N) is 6. The number of hydrogen-bond donors (Lipinski definition) is 0. The smallest absolute Gasteiger partial charge is 0.293 e. The van der Waals surface area contributed by atoms with Crippen molar-refractivity contribution in [3.05, 3.63) is 37.4 Å². The second-order valence-electron chi connectivity index (χ2n) is 5.82. The molecular formula is C16H14N6O8. The molecule has 2 fully saturated rings. The minimum Gasteiger partial charge on any atom is -0.293 e. The van der Waals surface area contributed by atoms with Crippen LogP contribution in [0.4, 0.5) is 9.59 Å². The Hall–Kier alpha value is -4.36. The van der Waals surface area contributed by atoms with Crippen LogP contribution >= 0.6 is 0 Å². The van der Waals surface area contributed by atoms with Gasteiger partial charge in [-0.15, -0.1) is 0 Å². The Balaban J connectivity index is 0.000000184. The number of carbonyl (C=O) groups excluding carboxylic acids is 6. The van der Waals surface area contributed by atoms with Crippen LogP contribution in [0.3, 0.4) is 0 Å². The normalized spacial score (nSPS) is 15.9. The van der Waals surface area contributed by atoms with Crippen molar-refractivity contribution in [3.8, 4) is 0 Å². The van der Waals surface area contributed by atoms with Gasteiger partial charge in [-0.05, 0) is 0 Å². The van der Waals surface area contributed by atoms with Gasteiger partial charge < -0.3 is 0 Å². The summed E-state index contributed by atoms with van der Waals surface area (Å²) in [6.07, 6.45) is 7.43. The van der Waals surface area contributed by atoms with Gasteiger partial charge in [0.1, 0.15) is 12.7 Å². The quantitative estimate of drug-likeness (QED) is 0.600. The number of hydroxylamine groups is 4. The van der Waals surface area contributed by atoms with E-state index in [2.05, 4.69) is 19.6 Å². The number of rotatable bonds is 2. The van der Waals surface area contributed by atoms with Crippen LogP contribution in [0.2, 0.25) is 0 Å². The number of aromatic nitrogens is 4. The van der Waals surface area contributed by atoms with Crippen LogP contribution in [-0.2, 0) is 28.9 Å². The molecule has 0 unspecified atom stereocenters. The lowest BCUT2D eigenvalue weighted by molar-refractivity contribution is -0.198. The van der Waals surface area contributed by atoms with Crippen LogP contribution in [0.15, 0.2) is 37.4 Å². The average molecular weight is 418 g/mol. The minimum absolute atomic E-state index is 0.0618. The largest absolute Gasteiger partial charge is 0.560 e. The first kappa shape index (κ1) is 20.4. The molecule has 0 atom stereocenters. The van der Waals surface area contributed by atoms with E-state index in [1.165, 1.54) is 21.8 Å². The van der Waals surface area contributed by atoms with Crippen molar-refractivity contribution in [2.24, 2.45) is 0 Å². The molecule has 4 heterocycles. The number of carbonyl (C=O) groups is 6.